The number of rotatable bonds is 2. The van der Waals surface area contributed by atoms with Gasteiger partial charge in [0, 0.05) is 5.56 Å². The molecule has 3 heteroatoms. The average molecular weight is 209 g/mol. The Hall–Kier alpha value is -1.41. The first-order valence-electron chi connectivity index (χ1n) is 4.18. The van der Waals surface area contributed by atoms with Crippen molar-refractivity contribution in [1.29, 1.82) is 0 Å². The summed E-state index contributed by atoms with van der Waals surface area (Å²) < 4.78 is 10.3. The zero-order valence-electron chi connectivity index (χ0n) is 7.66. The number of furan rings is 1. The Balaban J connectivity index is 2.43. The highest BCUT2D eigenvalue weighted by atomic mass is 35.5. The fourth-order valence-electron chi connectivity index (χ4n) is 1.26. The van der Waals surface area contributed by atoms with Crippen LogP contribution in [0.25, 0.3) is 11.3 Å². The molecule has 1 heterocycles. The van der Waals surface area contributed by atoms with Crippen LogP contribution in [-0.4, -0.2) is 7.11 Å². The van der Waals surface area contributed by atoms with Gasteiger partial charge in [-0.15, -0.1) is 0 Å². The molecule has 72 valence electrons. The lowest BCUT2D eigenvalue weighted by Crippen LogP contribution is -1.84. The highest BCUT2D eigenvalue weighted by Crippen LogP contribution is 2.30. The van der Waals surface area contributed by atoms with Crippen LogP contribution in [0.4, 0.5) is 0 Å². The van der Waals surface area contributed by atoms with Crippen LogP contribution in [0.15, 0.2) is 41.0 Å². The second-order valence-electron chi connectivity index (χ2n) is 2.83. The molecule has 0 amide bonds. The van der Waals surface area contributed by atoms with Gasteiger partial charge in [0.1, 0.15) is 11.5 Å². The molecule has 0 unspecified atom stereocenters. The lowest BCUT2D eigenvalue weighted by Gasteiger charge is -2.03. The van der Waals surface area contributed by atoms with Crippen molar-refractivity contribution in [2.45, 2.75) is 0 Å². The number of hydrogen-bond acceptors (Lipinski definition) is 2. The van der Waals surface area contributed by atoms with Gasteiger partial charge in [-0.2, -0.15) is 0 Å². The van der Waals surface area contributed by atoms with Gasteiger partial charge in [0.15, 0.2) is 0 Å². The summed E-state index contributed by atoms with van der Waals surface area (Å²) >= 11 is 5.98. The average Bonchev–Trinajstić information content (AvgIpc) is 2.70. The van der Waals surface area contributed by atoms with E-state index in [9.17, 15) is 0 Å². The van der Waals surface area contributed by atoms with Crippen molar-refractivity contribution in [3.05, 3.63) is 41.6 Å². The number of ether oxygens (including phenoxy) is 1. The van der Waals surface area contributed by atoms with Gasteiger partial charge < -0.3 is 9.15 Å². The summed E-state index contributed by atoms with van der Waals surface area (Å²) in [6, 6.07) is 9.27. The Morgan fingerprint density at radius 3 is 2.71 bits per heavy atom. The van der Waals surface area contributed by atoms with Gasteiger partial charge in [0.05, 0.1) is 18.4 Å². The van der Waals surface area contributed by atoms with E-state index in [1.54, 1.807) is 13.4 Å². The molecule has 0 fully saturated rings. The van der Waals surface area contributed by atoms with Gasteiger partial charge in [0.2, 0.25) is 0 Å². The Morgan fingerprint density at radius 2 is 2.14 bits per heavy atom. The smallest absolute Gasteiger partial charge is 0.137 e. The molecule has 0 radical (unpaired) electrons. The first-order valence-corrected chi connectivity index (χ1v) is 4.56. The van der Waals surface area contributed by atoms with Crippen LogP contribution in [0.3, 0.4) is 0 Å². The standard InChI is InChI=1S/C11H9ClO2/c1-13-11-5-4-8(7-9(11)12)10-3-2-6-14-10/h2-7H,1H3. The number of benzene rings is 1. The van der Waals surface area contributed by atoms with Gasteiger partial charge in [-0.3, -0.25) is 0 Å². The molecule has 2 aromatic rings. The summed E-state index contributed by atoms with van der Waals surface area (Å²) in [5.41, 5.74) is 0.945. The molecular weight excluding hydrogens is 200 g/mol. The van der Waals surface area contributed by atoms with Gasteiger partial charge in [0.25, 0.3) is 0 Å². The molecule has 0 spiro atoms. The van der Waals surface area contributed by atoms with E-state index in [-0.39, 0.29) is 0 Å². The minimum Gasteiger partial charge on any atom is -0.495 e. The normalized spacial score (nSPS) is 10.1. The number of methoxy groups -OCH3 is 1. The Kier molecular flexibility index (Phi) is 2.46. The molecule has 0 N–H and O–H groups in total. The molecule has 0 saturated carbocycles. The minimum absolute atomic E-state index is 0.585. The minimum atomic E-state index is 0.585. The quantitative estimate of drug-likeness (QED) is 0.752. The fourth-order valence-corrected chi connectivity index (χ4v) is 1.52. The SMILES string of the molecule is COc1ccc(-c2ccco2)cc1Cl. The van der Waals surface area contributed by atoms with Crippen LogP contribution >= 0.6 is 11.6 Å². The third kappa shape index (κ3) is 1.61. The summed E-state index contributed by atoms with van der Waals surface area (Å²) in [6.45, 7) is 0. The third-order valence-corrected chi connectivity index (χ3v) is 2.25. The Bertz CT molecular complexity index is 421. The summed E-state index contributed by atoms with van der Waals surface area (Å²) in [5.74, 6) is 1.47. The van der Waals surface area contributed by atoms with Crippen molar-refractivity contribution in [3.63, 3.8) is 0 Å². The second kappa shape index (κ2) is 3.76. The topological polar surface area (TPSA) is 22.4 Å². The highest BCUT2D eigenvalue weighted by molar-refractivity contribution is 6.32. The van der Waals surface area contributed by atoms with Crippen molar-refractivity contribution in [2.75, 3.05) is 7.11 Å². The van der Waals surface area contributed by atoms with E-state index in [0.29, 0.717) is 10.8 Å². The molecule has 0 aliphatic carbocycles. The Labute approximate surface area is 87.1 Å². The fraction of sp³-hybridized carbons (Fsp3) is 0.0909. The van der Waals surface area contributed by atoms with Gasteiger partial charge in [-0.25, -0.2) is 0 Å². The van der Waals surface area contributed by atoms with Crippen LogP contribution in [0.5, 0.6) is 5.75 Å². The lowest BCUT2D eigenvalue weighted by molar-refractivity contribution is 0.415. The van der Waals surface area contributed by atoms with Crippen LogP contribution < -0.4 is 4.74 Å². The van der Waals surface area contributed by atoms with Crippen molar-refractivity contribution >= 4 is 11.6 Å². The number of halogens is 1. The summed E-state index contributed by atoms with van der Waals surface area (Å²) in [5, 5.41) is 0.585. The van der Waals surface area contributed by atoms with Crippen molar-refractivity contribution in [1.82, 2.24) is 0 Å². The summed E-state index contributed by atoms with van der Waals surface area (Å²) in [7, 11) is 1.59. The molecule has 14 heavy (non-hydrogen) atoms. The molecule has 0 atom stereocenters. The predicted octanol–water partition coefficient (Wildman–Crippen LogP) is 3.61. The molecule has 1 aromatic heterocycles. The maximum atomic E-state index is 5.98. The first-order chi connectivity index (χ1) is 6.81. The largest absolute Gasteiger partial charge is 0.495 e. The summed E-state index contributed by atoms with van der Waals surface area (Å²) in [4.78, 5) is 0. The second-order valence-corrected chi connectivity index (χ2v) is 3.23. The van der Waals surface area contributed by atoms with Crippen LogP contribution in [0.2, 0.25) is 5.02 Å². The van der Waals surface area contributed by atoms with Crippen LogP contribution in [0.1, 0.15) is 0 Å². The van der Waals surface area contributed by atoms with E-state index >= 15 is 0 Å². The Morgan fingerprint density at radius 1 is 1.29 bits per heavy atom. The van der Waals surface area contributed by atoms with E-state index in [2.05, 4.69) is 0 Å². The van der Waals surface area contributed by atoms with E-state index in [1.165, 1.54) is 0 Å². The predicted molar refractivity (Wildman–Crippen MR) is 55.7 cm³/mol. The monoisotopic (exact) mass is 208 g/mol. The molecule has 2 rings (SSSR count). The molecule has 2 nitrogen and oxygen atoms in total. The molecule has 0 aliphatic rings. The lowest BCUT2D eigenvalue weighted by atomic mass is 10.2. The van der Waals surface area contributed by atoms with E-state index in [1.807, 2.05) is 30.3 Å². The molecule has 0 saturated heterocycles. The van der Waals surface area contributed by atoms with Gasteiger partial charge in [-0.05, 0) is 30.3 Å². The van der Waals surface area contributed by atoms with Crippen molar-refractivity contribution in [2.24, 2.45) is 0 Å². The maximum absolute atomic E-state index is 5.98. The molecule has 0 aliphatic heterocycles. The zero-order valence-corrected chi connectivity index (χ0v) is 8.41. The maximum Gasteiger partial charge on any atom is 0.137 e. The van der Waals surface area contributed by atoms with Gasteiger partial charge in [-0.1, -0.05) is 11.6 Å². The molecular formula is C11H9ClO2. The van der Waals surface area contributed by atoms with Gasteiger partial charge >= 0.3 is 0 Å². The van der Waals surface area contributed by atoms with Crippen molar-refractivity contribution in [3.8, 4) is 17.1 Å². The zero-order chi connectivity index (χ0) is 9.97. The first kappa shape index (κ1) is 9.16. The van der Waals surface area contributed by atoms with Crippen LogP contribution in [-0.2, 0) is 0 Å². The summed E-state index contributed by atoms with van der Waals surface area (Å²) in [6.07, 6.45) is 1.63. The molecule has 0 bridgehead atoms. The van der Waals surface area contributed by atoms with Crippen LogP contribution in [0, 0.1) is 0 Å². The van der Waals surface area contributed by atoms with Crippen molar-refractivity contribution < 1.29 is 9.15 Å². The highest BCUT2D eigenvalue weighted by Gasteiger charge is 2.04. The van der Waals surface area contributed by atoms with E-state index in [0.717, 1.165) is 11.3 Å². The van der Waals surface area contributed by atoms with E-state index in [4.69, 9.17) is 20.8 Å². The number of hydrogen-bond donors (Lipinski definition) is 0. The third-order valence-electron chi connectivity index (χ3n) is 1.96. The van der Waals surface area contributed by atoms with E-state index < -0.39 is 0 Å². The molecule has 1 aromatic carbocycles.